The first kappa shape index (κ1) is 17.0. The smallest absolute Gasteiger partial charge is 0.226 e. The molecule has 0 spiro atoms. The van der Waals surface area contributed by atoms with Crippen LogP contribution < -0.4 is 0 Å². The molecule has 1 aromatic rings. The predicted molar refractivity (Wildman–Crippen MR) is 93.4 cm³/mol. The second kappa shape index (κ2) is 7.34. The van der Waals surface area contributed by atoms with E-state index in [1.165, 1.54) is 11.1 Å². The predicted octanol–water partition coefficient (Wildman–Crippen LogP) is 1.51. The van der Waals surface area contributed by atoms with Crippen molar-refractivity contribution >= 4 is 11.8 Å². The van der Waals surface area contributed by atoms with Crippen molar-refractivity contribution in [1.82, 2.24) is 14.7 Å². The van der Waals surface area contributed by atoms with Gasteiger partial charge in [-0.2, -0.15) is 0 Å². The van der Waals surface area contributed by atoms with Crippen molar-refractivity contribution in [3.05, 3.63) is 35.4 Å². The minimum Gasteiger partial charge on any atom is -0.346 e. The van der Waals surface area contributed by atoms with Gasteiger partial charge in [-0.1, -0.05) is 24.3 Å². The maximum atomic E-state index is 12.7. The van der Waals surface area contributed by atoms with Gasteiger partial charge in [-0.25, -0.2) is 0 Å². The molecule has 5 nitrogen and oxygen atoms in total. The lowest BCUT2D eigenvalue weighted by Crippen LogP contribution is -2.51. The molecule has 1 atom stereocenters. The number of hydrogen-bond donors (Lipinski definition) is 0. The van der Waals surface area contributed by atoms with E-state index < -0.39 is 0 Å². The number of carbonyl (C=O) groups is 2. The summed E-state index contributed by atoms with van der Waals surface area (Å²) in [6.07, 6.45) is 1.17. The summed E-state index contributed by atoms with van der Waals surface area (Å²) in [5.41, 5.74) is 2.68. The van der Waals surface area contributed by atoms with Crippen molar-refractivity contribution in [3.8, 4) is 0 Å². The van der Waals surface area contributed by atoms with E-state index in [0.29, 0.717) is 13.0 Å². The minimum atomic E-state index is -0.114. The van der Waals surface area contributed by atoms with Crippen LogP contribution in [0.4, 0.5) is 0 Å². The Morgan fingerprint density at radius 3 is 2.50 bits per heavy atom. The lowest BCUT2D eigenvalue weighted by molar-refractivity contribution is -0.145. The quantitative estimate of drug-likeness (QED) is 0.844. The fraction of sp³-hybridized carbons (Fsp3) is 0.579. The number of benzene rings is 1. The molecule has 2 amide bonds. The lowest BCUT2D eigenvalue weighted by Gasteiger charge is -2.38. The number of likely N-dealkylation sites (tertiary alicyclic amines) is 1. The van der Waals surface area contributed by atoms with Gasteiger partial charge in [0.05, 0.1) is 0 Å². The zero-order chi connectivity index (χ0) is 17.1. The molecule has 0 N–H and O–H groups in total. The second-order valence-corrected chi connectivity index (χ2v) is 7.03. The standard InChI is InChI=1S/C19H27N3O2/c1-15-5-3-4-6-17(15)14-21-9-11-22(12-10-21)19(24)16-7-8-20(2)18(23)13-16/h3-6,16H,7-14H2,1-2H3/t16-/m0/s1. The van der Waals surface area contributed by atoms with E-state index in [4.69, 9.17) is 0 Å². The number of carbonyl (C=O) groups excluding carboxylic acids is 2. The SMILES string of the molecule is Cc1ccccc1CN1CCN(C(=O)[C@H]2CCN(C)C(=O)C2)CC1. The van der Waals surface area contributed by atoms with E-state index in [1.54, 1.807) is 4.90 Å². The van der Waals surface area contributed by atoms with Gasteiger partial charge in [0.2, 0.25) is 11.8 Å². The first-order valence-electron chi connectivity index (χ1n) is 8.84. The Hall–Kier alpha value is -1.88. The van der Waals surface area contributed by atoms with Crippen LogP contribution in [0.1, 0.15) is 24.0 Å². The van der Waals surface area contributed by atoms with E-state index in [0.717, 1.165) is 39.1 Å². The average Bonchev–Trinajstić information content (AvgIpc) is 2.59. The van der Waals surface area contributed by atoms with Gasteiger partial charge < -0.3 is 9.80 Å². The molecule has 2 saturated heterocycles. The van der Waals surface area contributed by atoms with Crippen molar-refractivity contribution < 1.29 is 9.59 Å². The highest BCUT2D eigenvalue weighted by Gasteiger charge is 2.32. The van der Waals surface area contributed by atoms with E-state index >= 15 is 0 Å². The van der Waals surface area contributed by atoms with Gasteiger partial charge in [-0.3, -0.25) is 14.5 Å². The summed E-state index contributed by atoms with van der Waals surface area (Å²) in [6, 6.07) is 8.47. The molecule has 0 bridgehead atoms. The van der Waals surface area contributed by atoms with Crippen LogP contribution in [0, 0.1) is 12.8 Å². The fourth-order valence-corrected chi connectivity index (χ4v) is 3.57. The summed E-state index contributed by atoms with van der Waals surface area (Å²) in [7, 11) is 1.81. The van der Waals surface area contributed by atoms with Crippen molar-refractivity contribution in [2.24, 2.45) is 5.92 Å². The normalized spacial score (nSPS) is 22.8. The Bertz CT molecular complexity index is 608. The second-order valence-electron chi connectivity index (χ2n) is 7.03. The minimum absolute atomic E-state index is 0.0952. The molecule has 2 heterocycles. The van der Waals surface area contributed by atoms with Gasteiger partial charge in [0, 0.05) is 58.7 Å². The Morgan fingerprint density at radius 1 is 1.12 bits per heavy atom. The van der Waals surface area contributed by atoms with Crippen LogP contribution >= 0.6 is 0 Å². The topological polar surface area (TPSA) is 43.9 Å². The molecule has 0 unspecified atom stereocenters. The number of piperidine rings is 1. The highest BCUT2D eigenvalue weighted by molar-refractivity contribution is 5.87. The number of aryl methyl sites for hydroxylation is 1. The summed E-state index contributed by atoms with van der Waals surface area (Å²) in [6.45, 7) is 7.13. The first-order chi connectivity index (χ1) is 11.5. The number of piperazine rings is 1. The molecule has 0 aromatic heterocycles. The van der Waals surface area contributed by atoms with Crippen molar-refractivity contribution in [2.45, 2.75) is 26.3 Å². The number of rotatable bonds is 3. The zero-order valence-electron chi connectivity index (χ0n) is 14.7. The third-order valence-electron chi connectivity index (χ3n) is 5.35. The van der Waals surface area contributed by atoms with Crippen LogP contribution in [-0.4, -0.2) is 66.3 Å². The summed E-state index contributed by atoms with van der Waals surface area (Å²) >= 11 is 0. The van der Waals surface area contributed by atoms with Gasteiger partial charge in [0.25, 0.3) is 0 Å². The maximum absolute atomic E-state index is 12.7. The Labute approximate surface area is 144 Å². The zero-order valence-corrected chi connectivity index (χ0v) is 14.7. The summed E-state index contributed by atoms with van der Waals surface area (Å²) < 4.78 is 0. The molecule has 24 heavy (non-hydrogen) atoms. The van der Waals surface area contributed by atoms with E-state index in [1.807, 2.05) is 11.9 Å². The fourth-order valence-electron chi connectivity index (χ4n) is 3.57. The van der Waals surface area contributed by atoms with Gasteiger partial charge in [-0.15, -0.1) is 0 Å². The van der Waals surface area contributed by atoms with Crippen molar-refractivity contribution in [1.29, 1.82) is 0 Å². The first-order valence-corrected chi connectivity index (χ1v) is 8.84. The summed E-state index contributed by atoms with van der Waals surface area (Å²) in [4.78, 5) is 30.6. The monoisotopic (exact) mass is 329 g/mol. The van der Waals surface area contributed by atoms with E-state index in [-0.39, 0.29) is 17.7 Å². The maximum Gasteiger partial charge on any atom is 0.226 e. The molecule has 2 fully saturated rings. The van der Waals surface area contributed by atoms with Gasteiger partial charge in [-0.05, 0) is 24.5 Å². The Kier molecular flexibility index (Phi) is 5.19. The third kappa shape index (κ3) is 3.78. The van der Waals surface area contributed by atoms with Crippen LogP contribution in [0.2, 0.25) is 0 Å². The number of hydrogen-bond acceptors (Lipinski definition) is 3. The number of amides is 2. The summed E-state index contributed by atoms with van der Waals surface area (Å²) in [5, 5.41) is 0. The molecule has 5 heteroatoms. The van der Waals surface area contributed by atoms with E-state index in [2.05, 4.69) is 36.1 Å². The molecule has 2 aliphatic heterocycles. The molecular formula is C19H27N3O2. The molecule has 0 saturated carbocycles. The number of nitrogens with zero attached hydrogens (tertiary/aromatic N) is 3. The average molecular weight is 329 g/mol. The molecule has 0 radical (unpaired) electrons. The van der Waals surface area contributed by atoms with Crippen LogP contribution in [0.3, 0.4) is 0 Å². The Balaban J connectivity index is 1.51. The van der Waals surface area contributed by atoms with E-state index in [9.17, 15) is 9.59 Å². The molecule has 3 rings (SSSR count). The van der Waals surface area contributed by atoms with Gasteiger partial charge in [0.15, 0.2) is 0 Å². The van der Waals surface area contributed by atoms with Crippen molar-refractivity contribution in [3.63, 3.8) is 0 Å². The van der Waals surface area contributed by atoms with Crippen LogP contribution in [0.5, 0.6) is 0 Å². The van der Waals surface area contributed by atoms with Crippen LogP contribution in [0.15, 0.2) is 24.3 Å². The largest absolute Gasteiger partial charge is 0.346 e. The van der Waals surface area contributed by atoms with Crippen LogP contribution in [0.25, 0.3) is 0 Å². The Morgan fingerprint density at radius 2 is 1.83 bits per heavy atom. The molecular weight excluding hydrogens is 302 g/mol. The van der Waals surface area contributed by atoms with Gasteiger partial charge >= 0.3 is 0 Å². The molecule has 1 aromatic carbocycles. The lowest BCUT2D eigenvalue weighted by atomic mass is 9.94. The third-order valence-corrected chi connectivity index (χ3v) is 5.35. The highest BCUT2D eigenvalue weighted by Crippen LogP contribution is 2.21. The van der Waals surface area contributed by atoms with Gasteiger partial charge in [0.1, 0.15) is 0 Å². The molecule has 2 aliphatic rings. The molecule has 130 valence electrons. The van der Waals surface area contributed by atoms with Crippen molar-refractivity contribution in [2.75, 3.05) is 39.8 Å². The molecule has 0 aliphatic carbocycles. The van der Waals surface area contributed by atoms with Crippen LogP contribution in [-0.2, 0) is 16.1 Å². The summed E-state index contributed by atoms with van der Waals surface area (Å²) in [5.74, 6) is 0.154. The highest BCUT2D eigenvalue weighted by atomic mass is 16.2.